The molecule has 1 amide bonds. The van der Waals surface area contributed by atoms with Crippen LogP contribution in [0, 0.1) is 0 Å². The normalized spacial score (nSPS) is 15.2. The van der Waals surface area contributed by atoms with Crippen LogP contribution in [0.15, 0.2) is 12.1 Å². The van der Waals surface area contributed by atoms with Gasteiger partial charge in [-0.2, -0.15) is 0 Å². The molecule has 1 aliphatic rings. The largest absolute Gasteiger partial charge is 0.493 e. The summed E-state index contributed by atoms with van der Waals surface area (Å²) in [6, 6.07) is 3.36. The van der Waals surface area contributed by atoms with Crippen molar-refractivity contribution >= 4 is 17.4 Å². The van der Waals surface area contributed by atoms with E-state index in [1.165, 1.54) is 21.3 Å². The predicted molar refractivity (Wildman–Crippen MR) is 85.4 cm³/mol. The Morgan fingerprint density at radius 3 is 2.13 bits per heavy atom. The number of anilines is 1. The number of methoxy groups -OCH3 is 3. The van der Waals surface area contributed by atoms with E-state index in [1.807, 2.05) is 4.90 Å². The fourth-order valence-electron chi connectivity index (χ4n) is 2.52. The predicted octanol–water partition coefficient (Wildman–Crippen LogP) is 1.32. The summed E-state index contributed by atoms with van der Waals surface area (Å²) < 4.78 is 15.8. The van der Waals surface area contributed by atoms with E-state index in [0.717, 1.165) is 0 Å². The molecule has 1 aromatic rings. The van der Waals surface area contributed by atoms with E-state index in [2.05, 4.69) is 5.32 Å². The van der Waals surface area contributed by atoms with Crippen molar-refractivity contribution in [2.24, 2.45) is 0 Å². The third-order valence-corrected chi connectivity index (χ3v) is 3.73. The molecule has 1 aliphatic heterocycles. The van der Waals surface area contributed by atoms with E-state index >= 15 is 0 Å². The maximum Gasteiger partial charge on any atom is 0.238 e. The minimum atomic E-state index is -0.145. The van der Waals surface area contributed by atoms with Crippen LogP contribution in [0.1, 0.15) is 12.8 Å². The van der Waals surface area contributed by atoms with Gasteiger partial charge in [0.25, 0.3) is 0 Å². The van der Waals surface area contributed by atoms with Gasteiger partial charge in [0.15, 0.2) is 11.5 Å². The summed E-state index contributed by atoms with van der Waals surface area (Å²) in [5, 5.41) is 2.82. The lowest BCUT2D eigenvalue weighted by molar-refractivity contribution is -0.124. The number of ether oxygens (including phenoxy) is 3. The third-order valence-electron chi connectivity index (χ3n) is 3.73. The number of Topliss-reactive ketones (excluding diaryl/α,β-unsaturated/α-hetero) is 1. The van der Waals surface area contributed by atoms with Crippen LogP contribution in [0.5, 0.6) is 17.2 Å². The van der Waals surface area contributed by atoms with Crippen molar-refractivity contribution in [3.05, 3.63) is 12.1 Å². The summed E-state index contributed by atoms with van der Waals surface area (Å²) in [7, 11) is 4.57. The standard InChI is InChI=1S/C16H22N2O5/c1-21-13-8-11(9-14(22-2)16(13)23-3)17-15(20)10-18-6-4-12(19)5-7-18/h8-9H,4-7,10H2,1-3H3,(H,17,20). The molecule has 7 heteroatoms. The fraction of sp³-hybridized carbons (Fsp3) is 0.500. The highest BCUT2D eigenvalue weighted by Crippen LogP contribution is 2.39. The van der Waals surface area contributed by atoms with Gasteiger partial charge in [-0.05, 0) is 0 Å². The number of carbonyl (C=O) groups is 2. The highest BCUT2D eigenvalue weighted by Gasteiger charge is 2.19. The first-order chi connectivity index (χ1) is 11.1. The van der Waals surface area contributed by atoms with Crippen LogP contribution in [0.4, 0.5) is 5.69 Å². The average Bonchev–Trinajstić information content (AvgIpc) is 2.55. The molecule has 0 radical (unpaired) electrons. The molecule has 1 heterocycles. The number of rotatable bonds is 6. The molecule has 2 rings (SSSR count). The number of nitrogens with zero attached hydrogens (tertiary/aromatic N) is 1. The van der Waals surface area contributed by atoms with Crippen molar-refractivity contribution in [3.8, 4) is 17.2 Å². The number of piperidine rings is 1. The van der Waals surface area contributed by atoms with Gasteiger partial charge >= 0.3 is 0 Å². The Labute approximate surface area is 135 Å². The van der Waals surface area contributed by atoms with Crippen molar-refractivity contribution in [2.75, 3.05) is 46.3 Å². The Morgan fingerprint density at radius 1 is 1.09 bits per heavy atom. The number of hydrogen-bond acceptors (Lipinski definition) is 6. The molecule has 0 atom stereocenters. The SMILES string of the molecule is COc1cc(NC(=O)CN2CCC(=O)CC2)cc(OC)c1OC. The zero-order valence-corrected chi connectivity index (χ0v) is 13.7. The number of ketones is 1. The fourth-order valence-corrected chi connectivity index (χ4v) is 2.52. The van der Waals surface area contributed by atoms with Gasteiger partial charge in [-0.1, -0.05) is 0 Å². The molecule has 0 spiro atoms. The van der Waals surface area contributed by atoms with Crippen LogP contribution in [0.3, 0.4) is 0 Å². The smallest absolute Gasteiger partial charge is 0.238 e. The number of amides is 1. The number of benzene rings is 1. The van der Waals surface area contributed by atoms with Gasteiger partial charge in [0.2, 0.25) is 11.7 Å². The van der Waals surface area contributed by atoms with Gasteiger partial charge in [-0.25, -0.2) is 0 Å². The second-order valence-electron chi connectivity index (χ2n) is 5.28. The summed E-state index contributed by atoms with van der Waals surface area (Å²) in [6.07, 6.45) is 1.02. The van der Waals surface area contributed by atoms with Crippen LogP contribution >= 0.6 is 0 Å². The molecular formula is C16H22N2O5. The third kappa shape index (κ3) is 4.35. The second kappa shape index (κ2) is 7.82. The van der Waals surface area contributed by atoms with E-state index < -0.39 is 0 Å². The molecule has 126 valence electrons. The van der Waals surface area contributed by atoms with Crippen LogP contribution in [-0.4, -0.2) is 57.6 Å². The highest BCUT2D eigenvalue weighted by atomic mass is 16.5. The summed E-state index contributed by atoms with van der Waals surface area (Å²) in [5.41, 5.74) is 0.567. The molecule has 0 unspecified atom stereocenters. The van der Waals surface area contributed by atoms with Crippen molar-refractivity contribution < 1.29 is 23.8 Å². The maximum atomic E-state index is 12.2. The average molecular weight is 322 g/mol. The van der Waals surface area contributed by atoms with Crippen LogP contribution in [-0.2, 0) is 9.59 Å². The van der Waals surface area contributed by atoms with Gasteiger partial charge < -0.3 is 19.5 Å². The molecular weight excluding hydrogens is 300 g/mol. The number of hydrogen-bond donors (Lipinski definition) is 1. The van der Waals surface area contributed by atoms with Crippen molar-refractivity contribution in [2.45, 2.75) is 12.8 Å². The molecule has 7 nitrogen and oxygen atoms in total. The van der Waals surface area contributed by atoms with Gasteiger partial charge in [0, 0.05) is 43.8 Å². The molecule has 0 aliphatic carbocycles. The minimum Gasteiger partial charge on any atom is -0.493 e. The van der Waals surface area contributed by atoms with Crippen molar-refractivity contribution in [1.82, 2.24) is 4.90 Å². The number of carbonyl (C=O) groups excluding carboxylic acids is 2. The monoisotopic (exact) mass is 322 g/mol. The first-order valence-corrected chi connectivity index (χ1v) is 7.41. The molecule has 1 N–H and O–H groups in total. The van der Waals surface area contributed by atoms with Gasteiger partial charge in [0.1, 0.15) is 5.78 Å². The van der Waals surface area contributed by atoms with Gasteiger partial charge in [-0.15, -0.1) is 0 Å². The molecule has 1 saturated heterocycles. The van der Waals surface area contributed by atoms with E-state index in [9.17, 15) is 9.59 Å². The number of likely N-dealkylation sites (tertiary alicyclic amines) is 1. The first-order valence-electron chi connectivity index (χ1n) is 7.41. The summed E-state index contributed by atoms with van der Waals surface area (Å²) in [5.74, 6) is 1.54. The second-order valence-corrected chi connectivity index (χ2v) is 5.28. The van der Waals surface area contributed by atoms with Gasteiger partial charge in [-0.3, -0.25) is 14.5 Å². The summed E-state index contributed by atoms with van der Waals surface area (Å²) in [4.78, 5) is 25.4. The lowest BCUT2D eigenvalue weighted by Crippen LogP contribution is -2.39. The van der Waals surface area contributed by atoms with Gasteiger partial charge in [0.05, 0.1) is 27.9 Å². The highest BCUT2D eigenvalue weighted by molar-refractivity contribution is 5.93. The molecule has 1 aromatic carbocycles. The van der Waals surface area contributed by atoms with Crippen LogP contribution in [0.25, 0.3) is 0 Å². The Kier molecular flexibility index (Phi) is 5.81. The lowest BCUT2D eigenvalue weighted by atomic mass is 10.1. The summed E-state index contributed by atoms with van der Waals surface area (Å²) >= 11 is 0. The molecule has 0 bridgehead atoms. The Bertz CT molecular complexity index is 553. The Hall–Kier alpha value is -2.28. The lowest BCUT2D eigenvalue weighted by Gasteiger charge is -2.25. The number of nitrogens with one attached hydrogen (secondary N) is 1. The zero-order valence-electron chi connectivity index (χ0n) is 13.7. The van der Waals surface area contributed by atoms with E-state index in [0.29, 0.717) is 48.9 Å². The van der Waals surface area contributed by atoms with Crippen LogP contribution < -0.4 is 19.5 Å². The molecule has 0 saturated carbocycles. The minimum absolute atomic E-state index is 0.145. The Balaban J connectivity index is 2.04. The van der Waals surface area contributed by atoms with E-state index in [-0.39, 0.29) is 18.2 Å². The van der Waals surface area contributed by atoms with Crippen molar-refractivity contribution in [1.29, 1.82) is 0 Å². The topological polar surface area (TPSA) is 77.1 Å². The summed E-state index contributed by atoms with van der Waals surface area (Å²) in [6.45, 7) is 1.51. The molecule has 1 fully saturated rings. The van der Waals surface area contributed by atoms with E-state index in [4.69, 9.17) is 14.2 Å². The van der Waals surface area contributed by atoms with E-state index in [1.54, 1.807) is 12.1 Å². The Morgan fingerprint density at radius 2 is 1.65 bits per heavy atom. The zero-order chi connectivity index (χ0) is 16.8. The molecule has 0 aromatic heterocycles. The molecule has 23 heavy (non-hydrogen) atoms. The quantitative estimate of drug-likeness (QED) is 0.851. The van der Waals surface area contributed by atoms with Crippen molar-refractivity contribution in [3.63, 3.8) is 0 Å². The van der Waals surface area contributed by atoms with Crippen LogP contribution in [0.2, 0.25) is 0 Å². The maximum absolute atomic E-state index is 12.2. The first kappa shape index (κ1) is 17.1.